The summed E-state index contributed by atoms with van der Waals surface area (Å²) < 4.78 is 10.9. The predicted molar refractivity (Wildman–Crippen MR) is 75.0 cm³/mol. The molecule has 106 valence electrons. The summed E-state index contributed by atoms with van der Waals surface area (Å²) in [5, 5.41) is 0.674. The van der Waals surface area contributed by atoms with Crippen molar-refractivity contribution < 1.29 is 13.9 Å². The third kappa shape index (κ3) is 3.60. The number of nitrogens with two attached hydrogens (primary N) is 1. The molecule has 0 spiro atoms. The molecule has 0 unspecified atom stereocenters. The first-order valence-electron chi connectivity index (χ1n) is 6.02. The van der Waals surface area contributed by atoms with Crippen molar-refractivity contribution in [2.45, 2.75) is 20.1 Å². The minimum absolute atomic E-state index is 0.173. The van der Waals surface area contributed by atoms with Crippen molar-refractivity contribution in [3.05, 3.63) is 58.0 Å². The van der Waals surface area contributed by atoms with E-state index in [1.165, 1.54) is 0 Å². The average Bonchev–Trinajstić information content (AvgIpc) is 2.80. The molecule has 0 aliphatic heterocycles. The van der Waals surface area contributed by atoms with Crippen LogP contribution >= 0.6 is 11.6 Å². The lowest BCUT2D eigenvalue weighted by atomic mass is 10.2. The minimum atomic E-state index is -0.464. The Morgan fingerprint density at radius 2 is 2.20 bits per heavy atom. The summed E-state index contributed by atoms with van der Waals surface area (Å²) in [6.07, 6.45) is 0. The molecule has 2 aromatic rings. The van der Waals surface area contributed by atoms with Gasteiger partial charge in [0.15, 0.2) is 5.76 Å². The molecule has 1 heterocycles. The maximum absolute atomic E-state index is 11.3. The van der Waals surface area contributed by atoms with Crippen molar-refractivity contribution in [3.8, 4) is 0 Å². The van der Waals surface area contributed by atoms with Crippen LogP contribution in [-0.2, 0) is 18.0 Å². The van der Waals surface area contributed by atoms with Gasteiger partial charge in [-0.25, -0.2) is 5.84 Å². The van der Waals surface area contributed by atoms with Gasteiger partial charge in [0.25, 0.3) is 0 Å². The number of rotatable bonds is 5. The van der Waals surface area contributed by atoms with Crippen LogP contribution in [0.2, 0.25) is 5.02 Å². The van der Waals surface area contributed by atoms with Gasteiger partial charge in [0.2, 0.25) is 0 Å². The first kappa shape index (κ1) is 14.6. The molecule has 6 heteroatoms. The van der Waals surface area contributed by atoms with E-state index in [0.29, 0.717) is 24.0 Å². The van der Waals surface area contributed by atoms with E-state index in [-0.39, 0.29) is 5.76 Å². The van der Waals surface area contributed by atoms with Crippen molar-refractivity contribution in [2.24, 2.45) is 5.84 Å². The van der Waals surface area contributed by atoms with E-state index >= 15 is 0 Å². The normalized spacial score (nSPS) is 10.6. The second-order valence-electron chi connectivity index (χ2n) is 4.29. The quantitative estimate of drug-likeness (QED) is 0.505. The molecule has 0 saturated heterocycles. The summed E-state index contributed by atoms with van der Waals surface area (Å²) in [5.41, 5.74) is 3.82. The van der Waals surface area contributed by atoms with Crippen molar-refractivity contribution in [2.75, 3.05) is 0 Å². The van der Waals surface area contributed by atoms with Crippen LogP contribution in [0.3, 0.4) is 0 Å². The summed E-state index contributed by atoms with van der Waals surface area (Å²) in [4.78, 5) is 11.3. The lowest BCUT2D eigenvalue weighted by Crippen LogP contribution is -2.29. The molecule has 0 saturated carbocycles. The summed E-state index contributed by atoms with van der Waals surface area (Å²) in [6.45, 7) is 2.55. The van der Waals surface area contributed by atoms with Gasteiger partial charge in [0, 0.05) is 10.6 Å². The van der Waals surface area contributed by atoms with Crippen LogP contribution in [0.1, 0.15) is 27.4 Å². The van der Waals surface area contributed by atoms with Gasteiger partial charge in [-0.1, -0.05) is 23.7 Å². The highest BCUT2D eigenvalue weighted by atomic mass is 35.5. The summed E-state index contributed by atoms with van der Waals surface area (Å²) in [6, 6.07) is 9.07. The van der Waals surface area contributed by atoms with Crippen molar-refractivity contribution >= 4 is 17.5 Å². The number of furan rings is 1. The Kier molecular flexibility index (Phi) is 4.79. The van der Waals surface area contributed by atoms with Crippen LogP contribution in [0, 0.1) is 6.92 Å². The van der Waals surface area contributed by atoms with E-state index in [1.54, 1.807) is 13.0 Å². The number of ether oxygens (including phenoxy) is 1. The maximum Gasteiger partial charge on any atom is 0.300 e. The first-order valence-corrected chi connectivity index (χ1v) is 6.40. The maximum atomic E-state index is 11.3. The Morgan fingerprint density at radius 3 is 2.90 bits per heavy atom. The standard InChI is InChI=1S/C14H15ClN2O3/c1-9-11(6-13(20-9)14(18)17-16)8-19-7-10-3-2-4-12(15)5-10/h2-6H,7-8,16H2,1H3,(H,17,18). The highest BCUT2D eigenvalue weighted by Crippen LogP contribution is 2.17. The van der Waals surface area contributed by atoms with E-state index in [4.69, 9.17) is 26.6 Å². The zero-order valence-electron chi connectivity index (χ0n) is 11.0. The fraction of sp³-hybridized carbons (Fsp3) is 0.214. The molecule has 5 nitrogen and oxygen atoms in total. The van der Waals surface area contributed by atoms with Gasteiger partial charge in [0.05, 0.1) is 13.2 Å². The van der Waals surface area contributed by atoms with Gasteiger partial charge < -0.3 is 9.15 Å². The number of carbonyl (C=O) groups excluding carboxylic acids is 1. The zero-order chi connectivity index (χ0) is 14.5. The summed E-state index contributed by atoms with van der Waals surface area (Å²) in [7, 11) is 0. The molecule has 0 radical (unpaired) electrons. The molecule has 0 aliphatic carbocycles. The molecule has 1 aromatic heterocycles. The Hall–Kier alpha value is -1.82. The molecule has 3 N–H and O–H groups in total. The fourth-order valence-electron chi connectivity index (χ4n) is 1.75. The van der Waals surface area contributed by atoms with Crippen LogP contribution in [-0.4, -0.2) is 5.91 Å². The SMILES string of the molecule is Cc1oc(C(=O)NN)cc1COCc1cccc(Cl)c1. The van der Waals surface area contributed by atoms with Gasteiger partial charge in [-0.2, -0.15) is 0 Å². The Bertz CT molecular complexity index is 610. The summed E-state index contributed by atoms with van der Waals surface area (Å²) >= 11 is 5.89. The second kappa shape index (κ2) is 6.56. The molecular formula is C14H15ClN2O3. The second-order valence-corrected chi connectivity index (χ2v) is 4.72. The number of nitrogen functional groups attached to an aromatic ring is 1. The Balaban J connectivity index is 1.94. The minimum Gasteiger partial charge on any atom is -0.456 e. The molecule has 0 aliphatic rings. The van der Waals surface area contributed by atoms with Crippen molar-refractivity contribution in [1.82, 2.24) is 5.43 Å². The van der Waals surface area contributed by atoms with E-state index in [0.717, 1.165) is 11.1 Å². The third-order valence-electron chi connectivity index (χ3n) is 2.79. The van der Waals surface area contributed by atoms with Gasteiger partial charge in [0.1, 0.15) is 5.76 Å². The average molecular weight is 295 g/mol. The largest absolute Gasteiger partial charge is 0.456 e. The molecule has 0 bridgehead atoms. The third-order valence-corrected chi connectivity index (χ3v) is 3.03. The van der Waals surface area contributed by atoms with E-state index in [2.05, 4.69) is 0 Å². The number of aryl methyl sites for hydroxylation is 1. The number of hydrazine groups is 1. The smallest absolute Gasteiger partial charge is 0.300 e. The van der Waals surface area contributed by atoms with Crippen LogP contribution in [0.5, 0.6) is 0 Å². The van der Waals surface area contributed by atoms with Gasteiger partial charge in [-0.15, -0.1) is 0 Å². The van der Waals surface area contributed by atoms with Crippen molar-refractivity contribution in [3.63, 3.8) is 0 Å². The van der Waals surface area contributed by atoms with E-state index < -0.39 is 5.91 Å². The number of nitrogens with one attached hydrogen (secondary N) is 1. The van der Waals surface area contributed by atoms with Crippen LogP contribution in [0.15, 0.2) is 34.7 Å². The molecule has 1 amide bonds. The monoisotopic (exact) mass is 294 g/mol. The van der Waals surface area contributed by atoms with Gasteiger partial charge >= 0.3 is 5.91 Å². The Labute approximate surface area is 121 Å². The van der Waals surface area contributed by atoms with Crippen LogP contribution < -0.4 is 11.3 Å². The van der Waals surface area contributed by atoms with Gasteiger partial charge in [-0.05, 0) is 30.7 Å². The Morgan fingerprint density at radius 1 is 1.40 bits per heavy atom. The number of benzene rings is 1. The number of carbonyl (C=O) groups is 1. The molecule has 2 rings (SSSR count). The van der Waals surface area contributed by atoms with E-state index in [1.807, 2.05) is 29.7 Å². The molecule has 0 fully saturated rings. The van der Waals surface area contributed by atoms with Crippen LogP contribution in [0.25, 0.3) is 0 Å². The molecule has 20 heavy (non-hydrogen) atoms. The van der Waals surface area contributed by atoms with Crippen LogP contribution in [0.4, 0.5) is 0 Å². The molecular weight excluding hydrogens is 280 g/mol. The zero-order valence-corrected chi connectivity index (χ0v) is 11.7. The highest BCUT2D eigenvalue weighted by molar-refractivity contribution is 6.30. The number of hydrogen-bond donors (Lipinski definition) is 2. The lowest BCUT2D eigenvalue weighted by molar-refractivity contribution is 0.0924. The highest BCUT2D eigenvalue weighted by Gasteiger charge is 2.13. The van der Waals surface area contributed by atoms with Gasteiger partial charge in [-0.3, -0.25) is 10.2 Å². The summed E-state index contributed by atoms with van der Waals surface area (Å²) in [5.74, 6) is 5.39. The van der Waals surface area contributed by atoms with Crippen molar-refractivity contribution in [1.29, 1.82) is 0 Å². The fourth-order valence-corrected chi connectivity index (χ4v) is 1.96. The number of halogens is 1. The predicted octanol–water partition coefficient (Wildman–Crippen LogP) is 2.56. The molecule has 1 aromatic carbocycles. The number of amides is 1. The lowest BCUT2D eigenvalue weighted by Gasteiger charge is -2.03. The number of hydrogen-bond acceptors (Lipinski definition) is 4. The molecule has 0 atom stereocenters. The topological polar surface area (TPSA) is 77.5 Å². The van der Waals surface area contributed by atoms with E-state index in [9.17, 15) is 4.79 Å². The first-order chi connectivity index (χ1) is 9.60.